The highest BCUT2D eigenvalue weighted by molar-refractivity contribution is 9.10. The van der Waals surface area contributed by atoms with Crippen molar-refractivity contribution in [1.82, 2.24) is 0 Å². The highest BCUT2D eigenvalue weighted by Gasteiger charge is 2.36. The van der Waals surface area contributed by atoms with Gasteiger partial charge in [0.05, 0.1) is 7.11 Å². The lowest BCUT2D eigenvalue weighted by atomic mass is 9.91. The number of benzene rings is 2. The van der Waals surface area contributed by atoms with Gasteiger partial charge >= 0.3 is 5.97 Å². The molecule has 0 amide bonds. The van der Waals surface area contributed by atoms with E-state index >= 15 is 0 Å². The van der Waals surface area contributed by atoms with Gasteiger partial charge in [-0.1, -0.05) is 44.0 Å². The van der Waals surface area contributed by atoms with E-state index in [1.807, 2.05) is 55.5 Å². The van der Waals surface area contributed by atoms with Crippen LogP contribution in [0.1, 0.15) is 12.5 Å². The van der Waals surface area contributed by atoms with Gasteiger partial charge in [-0.3, -0.25) is 0 Å². The van der Waals surface area contributed by atoms with Crippen molar-refractivity contribution in [1.29, 1.82) is 0 Å². The van der Waals surface area contributed by atoms with Crippen molar-refractivity contribution < 1.29 is 9.53 Å². The van der Waals surface area contributed by atoms with Crippen LogP contribution in [0.3, 0.4) is 0 Å². The van der Waals surface area contributed by atoms with E-state index in [0.717, 1.165) is 20.2 Å². The van der Waals surface area contributed by atoms with E-state index in [9.17, 15) is 4.79 Å². The molecule has 1 atom stereocenters. The maximum atomic E-state index is 12.3. The number of hydrogen-bond acceptors (Lipinski definition) is 3. The summed E-state index contributed by atoms with van der Waals surface area (Å²) in [4.78, 5) is 12.3. The third-order valence-electron chi connectivity index (χ3n) is 3.23. The third-order valence-corrected chi connectivity index (χ3v) is 4.26. The van der Waals surface area contributed by atoms with E-state index in [0.29, 0.717) is 0 Å². The Kier molecular flexibility index (Phi) is 5.06. The molecule has 0 radical (unpaired) electrons. The summed E-state index contributed by atoms with van der Waals surface area (Å²) < 4.78 is 6.87. The van der Waals surface area contributed by atoms with Crippen LogP contribution in [0.2, 0.25) is 0 Å². The van der Waals surface area contributed by atoms with Crippen molar-refractivity contribution in [3.8, 4) is 0 Å². The fourth-order valence-electron chi connectivity index (χ4n) is 2.07. The van der Waals surface area contributed by atoms with Gasteiger partial charge in [-0.05, 0) is 48.9 Å². The second kappa shape index (κ2) is 6.62. The maximum Gasteiger partial charge on any atom is 0.335 e. The fourth-order valence-corrected chi connectivity index (χ4v) is 2.73. The molecule has 5 heteroatoms. The van der Waals surface area contributed by atoms with Crippen LogP contribution in [0.25, 0.3) is 0 Å². The lowest BCUT2D eigenvalue weighted by Gasteiger charge is -2.29. The van der Waals surface area contributed by atoms with Gasteiger partial charge in [-0.15, -0.1) is 0 Å². The molecule has 110 valence electrons. The average molecular weight is 413 g/mol. The van der Waals surface area contributed by atoms with Gasteiger partial charge in [0.1, 0.15) is 0 Å². The molecule has 0 aliphatic carbocycles. The molecule has 0 saturated heterocycles. The molecule has 0 bridgehead atoms. The molecule has 0 aliphatic heterocycles. The maximum absolute atomic E-state index is 12.3. The predicted octanol–water partition coefficient (Wildman–Crippen LogP) is 4.71. The zero-order valence-corrected chi connectivity index (χ0v) is 14.9. The van der Waals surface area contributed by atoms with Crippen LogP contribution in [0, 0.1) is 0 Å². The normalized spacial score (nSPS) is 13.3. The van der Waals surface area contributed by atoms with E-state index in [1.165, 1.54) is 7.11 Å². The Labute approximate surface area is 141 Å². The Morgan fingerprint density at radius 2 is 1.76 bits per heavy atom. The summed E-state index contributed by atoms with van der Waals surface area (Å²) in [6.07, 6.45) is 0. The Hall–Kier alpha value is -1.33. The molecular formula is C16H15Br2NO2. The Bertz CT molecular complexity index is 643. The second-order valence-electron chi connectivity index (χ2n) is 4.76. The van der Waals surface area contributed by atoms with Crippen molar-refractivity contribution in [2.24, 2.45) is 0 Å². The summed E-state index contributed by atoms with van der Waals surface area (Å²) in [5, 5.41) is 3.26. The summed E-state index contributed by atoms with van der Waals surface area (Å²) >= 11 is 6.83. The Morgan fingerprint density at radius 3 is 2.33 bits per heavy atom. The molecule has 0 heterocycles. The zero-order chi connectivity index (χ0) is 15.5. The van der Waals surface area contributed by atoms with Crippen LogP contribution in [0.5, 0.6) is 0 Å². The first kappa shape index (κ1) is 16.0. The minimum absolute atomic E-state index is 0.344. The average Bonchev–Trinajstić information content (AvgIpc) is 2.48. The molecule has 2 aromatic carbocycles. The minimum atomic E-state index is -0.966. The summed E-state index contributed by atoms with van der Waals surface area (Å²) in [5.74, 6) is -0.344. The second-order valence-corrected chi connectivity index (χ2v) is 6.59. The number of hydrogen-bond donors (Lipinski definition) is 1. The first-order valence-corrected chi connectivity index (χ1v) is 7.92. The molecule has 0 aromatic heterocycles. The molecule has 2 rings (SSSR count). The first-order valence-electron chi connectivity index (χ1n) is 6.34. The predicted molar refractivity (Wildman–Crippen MR) is 91.3 cm³/mol. The van der Waals surface area contributed by atoms with Crippen molar-refractivity contribution in [2.75, 3.05) is 12.4 Å². The minimum Gasteiger partial charge on any atom is -0.467 e. The van der Waals surface area contributed by atoms with Crippen molar-refractivity contribution in [3.63, 3.8) is 0 Å². The monoisotopic (exact) mass is 411 g/mol. The van der Waals surface area contributed by atoms with Crippen LogP contribution in [-0.4, -0.2) is 13.1 Å². The number of anilines is 1. The van der Waals surface area contributed by atoms with Gasteiger partial charge < -0.3 is 10.1 Å². The molecule has 0 spiro atoms. The first-order chi connectivity index (χ1) is 9.95. The fraction of sp³-hybridized carbons (Fsp3) is 0.188. The summed E-state index contributed by atoms with van der Waals surface area (Å²) in [7, 11) is 1.39. The van der Waals surface area contributed by atoms with E-state index < -0.39 is 5.54 Å². The molecular weight excluding hydrogens is 398 g/mol. The highest BCUT2D eigenvalue weighted by atomic mass is 79.9. The van der Waals surface area contributed by atoms with E-state index in [-0.39, 0.29) is 5.97 Å². The SMILES string of the molecule is COC(=O)C(C)(Nc1ccc(Br)cc1)c1cccc(Br)c1. The smallest absolute Gasteiger partial charge is 0.335 e. The molecule has 0 saturated carbocycles. The number of carbonyl (C=O) groups excluding carboxylic acids is 1. The van der Waals surface area contributed by atoms with Crippen molar-refractivity contribution >= 4 is 43.5 Å². The molecule has 3 nitrogen and oxygen atoms in total. The van der Waals surface area contributed by atoms with E-state index in [4.69, 9.17) is 4.74 Å². The van der Waals surface area contributed by atoms with Gasteiger partial charge in [0.2, 0.25) is 0 Å². The van der Waals surface area contributed by atoms with Crippen LogP contribution >= 0.6 is 31.9 Å². The zero-order valence-electron chi connectivity index (χ0n) is 11.7. The molecule has 1 unspecified atom stereocenters. The highest BCUT2D eigenvalue weighted by Crippen LogP contribution is 2.30. The van der Waals surface area contributed by atoms with Crippen LogP contribution in [0.15, 0.2) is 57.5 Å². The standard InChI is InChI=1S/C16H15Br2NO2/c1-16(15(20)21-2,11-4-3-5-13(18)10-11)19-14-8-6-12(17)7-9-14/h3-10,19H,1-2H3. The van der Waals surface area contributed by atoms with Gasteiger partial charge in [-0.25, -0.2) is 4.79 Å². The van der Waals surface area contributed by atoms with Crippen LogP contribution < -0.4 is 5.32 Å². The van der Waals surface area contributed by atoms with Crippen LogP contribution in [-0.2, 0) is 15.1 Å². The quantitative estimate of drug-likeness (QED) is 0.738. The summed E-state index contributed by atoms with van der Waals surface area (Å²) in [6.45, 7) is 1.81. The van der Waals surface area contributed by atoms with Gasteiger partial charge in [0.25, 0.3) is 0 Å². The third kappa shape index (κ3) is 3.66. The number of ether oxygens (including phenoxy) is 1. The molecule has 21 heavy (non-hydrogen) atoms. The lowest BCUT2D eigenvalue weighted by molar-refractivity contribution is -0.145. The molecule has 0 fully saturated rings. The Morgan fingerprint density at radius 1 is 1.10 bits per heavy atom. The van der Waals surface area contributed by atoms with Crippen LogP contribution in [0.4, 0.5) is 5.69 Å². The van der Waals surface area contributed by atoms with E-state index in [1.54, 1.807) is 0 Å². The number of nitrogens with one attached hydrogen (secondary N) is 1. The number of methoxy groups -OCH3 is 1. The Balaban J connectivity index is 2.42. The molecule has 2 aromatic rings. The largest absolute Gasteiger partial charge is 0.467 e. The van der Waals surface area contributed by atoms with Gasteiger partial charge in [-0.2, -0.15) is 0 Å². The summed E-state index contributed by atoms with van der Waals surface area (Å²) in [6, 6.07) is 15.3. The number of halogens is 2. The van der Waals surface area contributed by atoms with Crippen molar-refractivity contribution in [2.45, 2.75) is 12.5 Å². The van der Waals surface area contributed by atoms with E-state index in [2.05, 4.69) is 37.2 Å². The van der Waals surface area contributed by atoms with Crippen molar-refractivity contribution in [3.05, 3.63) is 63.0 Å². The number of esters is 1. The summed E-state index contributed by atoms with van der Waals surface area (Å²) in [5.41, 5.74) is 0.699. The molecule has 0 aliphatic rings. The van der Waals surface area contributed by atoms with Gasteiger partial charge in [0.15, 0.2) is 5.54 Å². The lowest BCUT2D eigenvalue weighted by Crippen LogP contribution is -2.41. The number of rotatable bonds is 4. The number of carbonyl (C=O) groups is 1. The van der Waals surface area contributed by atoms with Gasteiger partial charge in [0, 0.05) is 14.6 Å². The molecule has 1 N–H and O–H groups in total. The topological polar surface area (TPSA) is 38.3 Å².